The Morgan fingerprint density at radius 2 is 2.37 bits per heavy atom. The first kappa shape index (κ1) is 12.4. The van der Waals surface area contributed by atoms with Crippen LogP contribution in [0.25, 0.3) is 0 Å². The van der Waals surface area contributed by atoms with E-state index in [1.54, 1.807) is 11.3 Å². The van der Waals surface area contributed by atoms with E-state index in [4.69, 9.17) is 4.52 Å². The summed E-state index contributed by atoms with van der Waals surface area (Å²) in [5.74, 6) is 0.941. The molecule has 0 unspecified atom stereocenters. The van der Waals surface area contributed by atoms with Gasteiger partial charge in [-0.15, -0.1) is 0 Å². The predicted molar refractivity (Wildman–Crippen MR) is 73.3 cm³/mol. The lowest BCUT2D eigenvalue weighted by molar-refractivity contribution is 0.0735. The van der Waals surface area contributed by atoms with Crippen LogP contribution in [0.2, 0.25) is 0 Å². The fourth-order valence-electron chi connectivity index (χ4n) is 2.83. The van der Waals surface area contributed by atoms with Gasteiger partial charge in [-0.3, -0.25) is 4.79 Å². The highest BCUT2D eigenvalue weighted by atomic mass is 32.1. The van der Waals surface area contributed by atoms with Gasteiger partial charge in [-0.05, 0) is 38.1 Å². The molecule has 2 aromatic rings. The van der Waals surface area contributed by atoms with E-state index in [2.05, 4.69) is 5.16 Å². The number of thiophene rings is 1. The van der Waals surface area contributed by atoms with Crippen LogP contribution in [0.15, 0.2) is 21.3 Å². The first-order valence-electron chi connectivity index (χ1n) is 6.44. The Balaban J connectivity index is 1.92. The van der Waals surface area contributed by atoms with Gasteiger partial charge in [-0.1, -0.05) is 5.16 Å². The molecule has 1 fully saturated rings. The zero-order valence-electron chi connectivity index (χ0n) is 11.0. The van der Waals surface area contributed by atoms with Crippen LogP contribution in [0, 0.1) is 13.8 Å². The number of likely N-dealkylation sites (tertiary alicyclic amines) is 1. The van der Waals surface area contributed by atoms with Gasteiger partial charge >= 0.3 is 0 Å². The Morgan fingerprint density at radius 3 is 3.00 bits per heavy atom. The molecular weight excluding hydrogens is 260 g/mol. The molecule has 0 aromatic carbocycles. The van der Waals surface area contributed by atoms with Crippen molar-refractivity contribution < 1.29 is 9.32 Å². The Labute approximate surface area is 116 Å². The van der Waals surface area contributed by atoms with Crippen LogP contribution in [0.4, 0.5) is 0 Å². The summed E-state index contributed by atoms with van der Waals surface area (Å²) >= 11 is 1.55. The van der Waals surface area contributed by atoms with Gasteiger partial charge in [0.1, 0.15) is 5.76 Å². The summed E-state index contributed by atoms with van der Waals surface area (Å²) in [6.45, 7) is 4.67. The number of rotatable bonds is 2. The Morgan fingerprint density at radius 1 is 1.53 bits per heavy atom. The quantitative estimate of drug-likeness (QED) is 0.845. The van der Waals surface area contributed by atoms with Crippen molar-refractivity contribution in [2.45, 2.75) is 32.7 Å². The second kappa shape index (κ2) is 4.81. The van der Waals surface area contributed by atoms with Gasteiger partial charge in [-0.2, -0.15) is 11.3 Å². The van der Waals surface area contributed by atoms with Crippen LogP contribution in [-0.2, 0) is 0 Å². The molecule has 19 heavy (non-hydrogen) atoms. The molecule has 0 spiro atoms. The molecule has 3 heterocycles. The zero-order chi connectivity index (χ0) is 13.4. The van der Waals surface area contributed by atoms with Gasteiger partial charge in [0.15, 0.2) is 0 Å². The minimum Gasteiger partial charge on any atom is -0.361 e. The van der Waals surface area contributed by atoms with E-state index in [0.29, 0.717) is 0 Å². The lowest BCUT2D eigenvalue weighted by Gasteiger charge is -2.24. The van der Waals surface area contributed by atoms with Crippen LogP contribution in [0.1, 0.15) is 46.3 Å². The minimum absolute atomic E-state index is 0.110. The third-order valence-corrected chi connectivity index (χ3v) is 4.39. The Kier molecular flexibility index (Phi) is 3.14. The molecular formula is C14H16N2O2S. The molecule has 2 aromatic heterocycles. The van der Waals surface area contributed by atoms with Crippen molar-refractivity contribution >= 4 is 17.2 Å². The van der Waals surface area contributed by atoms with Crippen LogP contribution in [-0.4, -0.2) is 22.5 Å². The van der Waals surface area contributed by atoms with Crippen LogP contribution in [0.5, 0.6) is 0 Å². The fourth-order valence-corrected chi connectivity index (χ4v) is 3.46. The minimum atomic E-state index is 0.110. The number of aryl methyl sites for hydroxylation is 2. The molecule has 1 aliphatic rings. The van der Waals surface area contributed by atoms with Crippen molar-refractivity contribution in [3.8, 4) is 0 Å². The van der Waals surface area contributed by atoms with Crippen LogP contribution < -0.4 is 0 Å². The van der Waals surface area contributed by atoms with Gasteiger partial charge in [-0.25, -0.2) is 0 Å². The average Bonchev–Trinajstić information content (AvgIpc) is 3.10. The summed E-state index contributed by atoms with van der Waals surface area (Å²) in [6.07, 6.45) is 2.02. The van der Waals surface area contributed by atoms with E-state index < -0.39 is 0 Å². The SMILES string of the molecule is Cc1noc(C)c1[C@H]1CCCN1C(=O)c1ccsc1. The second-order valence-corrected chi connectivity index (χ2v) is 5.69. The number of nitrogens with zero attached hydrogens (tertiary/aromatic N) is 2. The normalized spacial score (nSPS) is 19.1. The lowest BCUT2D eigenvalue weighted by Crippen LogP contribution is -2.30. The summed E-state index contributed by atoms with van der Waals surface area (Å²) in [5.41, 5.74) is 2.76. The van der Waals surface area contributed by atoms with E-state index in [9.17, 15) is 4.79 Å². The van der Waals surface area contributed by atoms with E-state index in [1.807, 2.05) is 35.6 Å². The third kappa shape index (κ3) is 2.08. The maximum absolute atomic E-state index is 12.5. The second-order valence-electron chi connectivity index (χ2n) is 4.91. The summed E-state index contributed by atoms with van der Waals surface area (Å²) in [6, 6.07) is 1.99. The largest absolute Gasteiger partial charge is 0.361 e. The highest BCUT2D eigenvalue weighted by Gasteiger charge is 2.34. The van der Waals surface area contributed by atoms with Crippen molar-refractivity contribution in [3.05, 3.63) is 39.4 Å². The molecule has 0 saturated carbocycles. The smallest absolute Gasteiger partial charge is 0.255 e. The summed E-state index contributed by atoms with van der Waals surface area (Å²) in [4.78, 5) is 14.5. The number of amides is 1. The molecule has 0 N–H and O–H groups in total. The molecule has 0 bridgehead atoms. The topological polar surface area (TPSA) is 46.3 Å². The number of carbonyl (C=O) groups is 1. The lowest BCUT2D eigenvalue weighted by atomic mass is 10.0. The number of aromatic nitrogens is 1. The molecule has 5 heteroatoms. The van der Waals surface area contributed by atoms with Gasteiger partial charge in [0.05, 0.1) is 17.3 Å². The molecule has 1 atom stereocenters. The van der Waals surface area contributed by atoms with E-state index >= 15 is 0 Å². The van der Waals surface area contributed by atoms with Crippen molar-refractivity contribution in [3.63, 3.8) is 0 Å². The molecule has 1 saturated heterocycles. The molecule has 1 aliphatic heterocycles. The highest BCUT2D eigenvalue weighted by molar-refractivity contribution is 7.08. The van der Waals surface area contributed by atoms with Crippen molar-refractivity contribution in [2.24, 2.45) is 0 Å². The molecule has 1 amide bonds. The third-order valence-electron chi connectivity index (χ3n) is 3.70. The Bertz CT molecular complexity index is 569. The van der Waals surface area contributed by atoms with E-state index in [0.717, 1.165) is 42.0 Å². The van der Waals surface area contributed by atoms with Gasteiger partial charge < -0.3 is 9.42 Å². The number of hydrogen-bond acceptors (Lipinski definition) is 4. The van der Waals surface area contributed by atoms with Gasteiger partial charge in [0.25, 0.3) is 5.91 Å². The molecule has 0 aliphatic carbocycles. The molecule has 4 nitrogen and oxygen atoms in total. The van der Waals surface area contributed by atoms with Crippen LogP contribution >= 0.6 is 11.3 Å². The zero-order valence-corrected chi connectivity index (χ0v) is 11.9. The predicted octanol–water partition coefficient (Wildman–Crippen LogP) is 3.33. The summed E-state index contributed by atoms with van der Waals surface area (Å²) in [7, 11) is 0. The van der Waals surface area contributed by atoms with Crippen molar-refractivity contribution in [2.75, 3.05) is 6.54 Å². The first-order chi connectivity index (χ1) is 9.18. The fraction of sp³-hybridized carbons (Fsp3) is 0.429. The molecule has 0 radical (unpaired) electrons. The van der Waals surface area contributed by atoms with Crippen LogP contribution in [0.3, 0.4) is 0 Å². The summed E-state index contributed by atoms with van der Waals surface area (Å²) in [5, 5.41) is 7.85. The Hall–Kier alpha value is -1.62. The molecule has 3 rings (SSSR count). The highest BCUT2D eigenvalue weighted by Crippen LogP contribution is 2.36. The van der Waals surface area contributed by atoms with Gasteiger partial charge in [0, 0.05) is 17.5 Å². The van der Waals surface area contributed by atoms with Crippen molar-refractivity contribution in [1.29, 1.82) is 0 Å². The van der Waals surface area contributed by atoms with E-state index in [1.165, 1.54) is 0 Å². The standard InChI is InChI=1S/C14H16N2O2S/c1-9-13(10(2)18-15-9)12-4-3-6-16(12)14(17)11-5-7-19-8-11/h5,7-8,12H,3-4,6H2,1-2H3/t12-/m1/s1. The molecule has 100 valence electrons. The summed E-state index contributed by atoms with van der Waals surface area (Å²) < 4.78 is 5.24. The first-order valence-corrected chi connectivity index (χ1v) is 7.38. The van der Waals surface area contributed by atoms with Gasteiger partial charge in [0.2, 0.25) is 0 Å². The maximum Gasteiger partial charge on any atom is 0.255 e. The number of carbonyl (C=O) groups excluding carboxylic acids is 1. The van der Waals surface area contributed by atoms with Crippen molar-refractivity contribution in [1.82, 2.24) is 10.1 Å². The van der Waals surface area contributed by atoms with E-state index in [-0.39, 0.29) is 11.9 Å². The monoisotopic (exact) mass is 276 g/mol. The average molecular weight is 276 g/mol. The number of hydrogen-bond donors (Lipinski definition) is 0. The maximum atomic E-state index is 12.5.